The van der Waals surface area contributed by atoms with E-state index in [1.807, 2.05) is 26.0 Å². The number of ether oxygens (including phenoxy) is 1. The third kappa shape index (κ3) is 4.89. The second-order valence-electron chi connectivity index (χ2n) is 5.88. The molecule has 5 heteroatoms. The molecular weight excluding hydrogens is 300 g/mol. The zero-order valence-electron chi connectivity index (χ0n) is 13.6. The number of rotatable bonds is 7. The van der Waals surface area contributed by atoms with Gasteiger partial charge in [0, 0.05) is 18.0 Å². The highest BCUT2D eigenvalue weighted by molar-refractivity contribution is 5.85. The van der Waals surface area contributed by atoms with Gasteiger partial charge in [-0.1, -0.05) is 26.0 Å². The topological polar surface area (TPSA) is 50.4 Å². The molecule has 4 nitrogen and oxygen atoms in total. The Morgan fingerprint density at radius 3 is 2.77 bits per heavy atom. The fourth-order valence-corrected chi connectivity index (χ4v) is 2.38. The highest BCUT2D eigenvalue weighted by Gasteiger charge is 2.28. The summed E-state index contributed by atoms with van der Waals surface area (Å²) in [6.07, 6.45) is 0.978. The second kappa shape index (κ2) is 9.01. The van der Waals surface area contributed by atoms with Crippen LogP contribution in [0, 0.1) is 18.8 Å². The summed E-state index contributed by atoms with van der Waals surface area (Å²) in [6.45, 7) is 9.27. The van der Waals surface area contributed by atoms with Gasteiger partial charge in [0.2, 0.25) is 5.91 Å². The summed E-state index contributed by atoms with van der Waals surface area (Å²) in [6, 6.07) is 6.13. The van der Waals surface area contributed by atoms with Crippen LogP contribution in [0.2, 0.25) is 0 Å². The van der Waals surface area contributed by atoms with Crippen molar-refractivity contribution in [3.63, 3.8) is 0 Å². The zero-order chi connectivity index (χ0) is 15.2. The minimum atomic E-state index is 0. The van der Waals surface area contributed by atoms with E-state index in [0.717, 1.165) is 30.8 Å². The maximum atomic E-state index is 12.2. The van der Waals surface area contributed by atoms with Crippen molar-refractivity contribution in [2.75, 3.05) is 19.7 Å². The third-order valence-electron chi connectivity index (χ3n) is 4.07. The van der Waals surface area contributed by atoms with E-state index in [-0.39, 0.29) is 24.2 Å². The molecule has 1 heterocycles. The molecule has 124 valence electrons. The van der Waals surface area contributed by atoms with Crippen molar-refractivity contribution >= 4 is 18.3 Å². The third-order valence-corrected chi connectivity index (χ3v) is 4.07. The Morgan fingerprint density at radius 2 is 2.18 bits per heavy atom. The van der Waals surface area contributed by atoms with Gasteiger partial charge in [-0.3, -0.25) is 4.79 Å². The minimum Gasteiger partial charge on any atom is -0.493 e. The number of nitrogens with one attached hydrogen (secondary N) is 2. The van der Waals surface area contributed by atoms with Crippen LogP contribution in [0.4, 0.5) is 0 Å². The van der Waals surface area contributed by atoms with Crippen molar-refractivity contribution < 1.29 is 9.53 Å². The molecule has 1 unspecified atom stereocenters. The van der Waals surface area contributed by atoms with E-state index in [2.05, 4.69) is 23.6 Å². The van der Waals surface area contributed by atoms with E-state index < -0.39 is 0 Å². The number of hydrogen-bond acceptors (Lipinski definition) is 3. The maximum Gasteiger partial charge on any atom is 0.223 e. The number of benzene rings is 1. The molecule has 22 heavy (non-hydrogen) atoms. The molecule has 1 saturated heterocycles. The second-order valence-corrected chi connectivity index (χ2v) is 5.88. The van der Waals surface area contributed by atoms with Crippen LogP contribution in [-0.4, -0.2) is 25.6 Å². The highest BCUT2D eigenvalue weighted by Crippen LogP contribution is 2.21. The van der Waals surface area contributed by atoms with Gasteiger partial charge in [0.15, 0.2) is 0 Å². The lowest BCUT2D eigenvalue weighted by Gasteiger charge is -2.31. The molecule has 1 aromatic carbocycles. The monoisotopic (exact) mass is 326 g/mol. The molecule has 2 N–H and O–H groups in total. The van der Waals surface area contributed by atoms with Gasteiger partial charge in [-0.05, 0) is 44.0 Å². The molecule has 1 aromatic rings. The van der Waals surface area contributed by atoms with Crippen LogP contribution in [0.1, 0.15) is 31.4 Å². The van der Waals surface area contributed by atoms with Gasteiger partial charge in [0.05, 0.1) is 6.61 Å². The molecule has 1 amide bonds. The number of carbonyl (C=O) groups is 1. The van der Waals surface area contributed by atoms with E-state index in [0.29, 0.717) is 19.1 Å². The molecule has 0 radical (unpaired) electrons. The smallest absolute Gasteiger partial charge is 0.223 e. The Morgan fingerprint density at radius 1 is 1.45 bits per heavy atom. The highest BCUT2D eigenvalue weighted by atomic mass is 35.5. The van der Waals surface area contributed by atoms with Gasteiger partial charge < -0.3 is 15.4 Å². The van der Waals surface area contributed by atoms with Crippen molar-refractivity contribution in [3.05, 3.63) is 29.3 Å². The molecule has 0 aromatic heterocycles. The van der Waals surface area contributed by atoms with Gasteiger partial charge in [-0.15, -0.1) is 12.4 Å². The molecule has 0 spiro atoms. The van der Waals surface area contributed by atoms with Crippen LogP contribution in [0.25, 0.3) is 0 Å². The lowest BCUT2D eigenvalue weighted by Crippen LogP contribution is -2.49. The number of aryl methyl sites for hydroxylation is 1. The molecule has 1 fully saturated rings. The molecule has 1 aliphatic heterocycles. The Kier molecular flexibility index (Phi) is 7.69. The van der Waals surface area contributed by atoms with Crippen molar-refractivity contribution in [1.29, 1.82) is 0 Å². The van der Waals surface area contributed by atoms with E-state index >= 15 is 0 Å². The zero-order valence-corrected chi connectivity index (χ0v) is 14.5. The SMILES string of the molecule is CCCOc1cc(C)ccc1CNC(=O)C(C)C1CNC1.Cl. The minimum absolute atomic E-state index is 0. The Bertz CT molecular complexity index is 490. The maximum absolute atomic E-state index is 12.2. The number of halogens is 1. The molecule has 0 aliphatic carbocycles. The predicted octanol–water partition coefficient (Wildman–Crippen LogP) is 2.68. The summed E-state index contributed by atoms with van der Waals surface area (Å²) in [5, 5.41) is 6.25. The summed E-state index contributed by atoms with van der Waals surface area (Å²) < 4.78 is 5.78. The Labute approximate surface area is 139 Å². The molecule has 0 saturated carbocycles. The van der Waals surface area contributed by atoms with Gasteiger partial charge in [-0.2, -0.15) is 0 Å². The van der Waals surface area contributed by atoms with Crippen LogP contribution in [0.5, 0.6) is 5.75 Å². The van der Waals surface area contributed by atoms with Crippen molar-refractivity contribution in [1.82, 2.24) is 10.6 Å². The van der Waals surface area contributed by atoms with Crippen LogP contribution < -0.4 is 15.4 Å². The lowest BCUT2D eigenvalue weighted by molar-refractivity contribution is -0.126. The van der Waals surface area contributed by atoms with Gasteiger partial charge in [0.25, 0.3) is 0 Å². The van der Waals surface area contributed by atoms with Gasteiger partial charge in [0.1, 0.15) is 5.75 Å². The number of carbonyl (C=O) groups excluding carboxylic acids is 1. The molecule has 2 rings (SSSR count). The molecular formula is C17H27ClN2O2. The normalized spacial score (nSPS) is 15.4. The number of hydrogen-bond donors (Lipinski definition) is 2. The number of amides is 1. The van der Waals surface area contributed by atoms with E-state index in [4.69, 9.17) is 4.74 Å². The van der Waals surface area contributed by atoms with Crippen LogP contribution >= 0.6 is 12.4 Å². The lowest BCUT2D eigenvalue weighted by atomic mass is 9.88. The fraction of sp³-hybridized carbons (Fsp3) is 0.588. The summed E-state index contributed by atoms with van der Waals surface area (Å²) in [5.41, 5.74) is 2.21. The van der Waals surface area contributed by atoms with Crippen molar-refractivity contribution in [2.24, 2.45) is 11.8 Å². The summed E-state index contributed by atoms with van der Waals surface area (Å²) in [4.78, 5) is 12.2. The van der Waals surface area contributed by atoms with Crippen LogP contribution in [0.15, 0.2) is 18.2 Å². The Balaban J connectivity index is 0.00000242. The van der Waals surface area contributed by atoms with Crippen molar-refractivity contribution in [3.8, 4) is 5.75 Å². The quantitative estimate of drug-likeness (QED) is 0.810. The molecule has 0 bridgehead atoms. The van der Waals surface area contributed by atoms with Crippen LogP contribution in [0.3, 0.4) is 0 Å². The van der Waals surface area contributed by atoms with Gasteiger partial charge >= 0.3 is 0 Å². The predicted molar refractivity (Wildman–Crippen MR) is 91.6 cm³/mol. The van der Waals surface area contributed by atoms with Crippen molar-refractivity contribution in [2.45, 2.75) is 33.7 Å². The standard InChI is InChI=1S/C17H26N2O2.ClH/c1-4-7-21-16-8-12(2)5-6-14(16)11-19-17(20)13(3)15-9-18-10-15;/h5-6,8,13,15,18H,4,7,9-11H2,1-3H3,(H,19,20);1H. The first-order valence-electron chi connectivity index (χ1n) is 7.82. The molecule has 1 aliphatic rings. The first-order valence-corrected chi connectivity index (χ1v) is 7.82. The van der Waals surface area contributed by atoms with E-state index in [9.17, 15) is 4.79 Å². The van der Waals surface area contributed by atoms with Crippen LogP contribution in [-0.2, 0) is 11.3 Å². The average molecular weight is 327 g/mol. The fourth-order valence-electron chi connectivity index (χ4n) is 2.38. The summed E-state index contributed by atoms with van der Waals surface area (Å²) in [7, 11) is 0. The largest absolute Gasteiger partial charge is 0.493 e. The van der Waals surface area contributed by atoms with Gasteiger partial charge in [-0.25, -0.2) is 0 Å². The molecule has 1 atom stereocenters. The summed E-state index contributed by atoms with van der Waals surface area (Å²) in [5.74, 6) is 1.55. The summed E-state index contributed by atoms with van der Waals surface area (Å²) >= 11 is 0. The first kappa shape index (κ1) is 18.8. The van der Waals surface area contributed by atoms with E-state index in [1.165, 1.54) is 5.56 Å². The first-order chi connectivity index (χ1) is 10.1. The average Bonchev–Trinajstić information content (AvgIpc) is 2.41. The van der Waals surface area contributed by atoms with E-state index in [1.54, 1.807) is 0 Å². The Hall–Kier alpha value is -1.26.